The van der Waals surface area contributed by atoms with E-state index < -0.39 is 0 Å². The second kappa shape index (κ2) is 8.57. The lowest BCUT2D eigenvalue weighted by Gasteiger charge is -2.13. The average molecular weight is 278 g/mol. The second-order valence-electron chi connectivity index (χ2n) is 4.16. The number of carbonyl (C=O) groups is 1. The van der Waals surface area contributed by atoms with Crippen LogP contribution in [0.5, 0.6) is 0 Å². The van der Waals surface area contributed by atoms with Gasteiger partial charge in [0.1, 0.15) is 0 Å². The Hall–Kier alpha value is -1.51. The SMILES string of the molecule is CC[C@H](CO)NC(=O)CSCc1ccc(C#N)cc1. The maximum Gasteiger partial charge on any atom is 0.230 e. The van der Waals surface area contributed by atoms with Crippen LogP contribution in [0.2, 0.25) is 0 Å². The molecule has 0 aromatic heterocycles. The molecule has 0 aliphatic rings. The quantitative estimate of drug-likeness (QED) is 0.796. The van der Waals surface area contributed by atoms with Crippen molar-refractivity contribution in [2.75, 3.05) is 12.4 Å². The first kappa shape index (κ1) is 15.5. The zero-order valence-electron chi connectivity index (χ0n) is 10.9. The molecule has 1 aromatic carbocycles. The van der Waals surface area contributed by atoms with Crippen LogP contribution < -0.4 is 5.32 Å². The summed E-state index contributed by atoms with van der Waals surface area (Å²) in [7, 11) is 0. The van der Waals surface area contributed by atoms with Crippen LogP contribution in [-0.2, 0) is 10.5 Å². The molecule has 0 saturated carbocycles. The van der Waals surface area contributed by atoms with E-state index in [1.54, 1.807) is 12.1 Å². The third kappa shape index (κ3) is 5.77. The number of nitrogens with zero attached hydrogens (tertiary/aromatic N) is 1. The average Bonchev–Trinajstić information content (AvgIpc) is 2.45. The van der Waals surface area contributed by atoms with E-state index in [0.717, 1.165) is 17.7 Å². The van der Waals surface area contributed by atoms with Crippen LogP contribution in [0, 0.1) is 11.3 Å². The largest absolute Gasteiger partial charge is 0.394 e. The number of nitrogens with one attached hydrogen (secondary N) is 1. The minimum absolute atomic E-state index is 0.0253. The molecule has 0 aliphatic heterocycles. The van der Waals surface area contributed by atoms with Gasteiger partial charge in [0, 0.05) is 5.75 Å². The molecule has 5 heteroatoms. The fourth-order valence-corrected chi connectivity index (χ4v) is 2.28. The molecule has 2 N–H and O–H groups in total. The molecule has 0 spiro atoms. The molecular formula is C14H18N2O2S. The third-order valence-corrected chi connectivity index (χ3v) is 3.67. The number of aliphatic hydroxyl groups is 1. The van der Waals surface area contributed by atoms with E-state index in [-0.39, 0.29) is 18.6 Å². The van der Waals surface area contributed by atoms with Crippen molar-refractivity contribution in [3.63, 3.8) is 0 Å². The normalized spacial score (nSPS) is 11.6. The molecule has 1 atom stereocenters. The molecule has 0 aliphatic carbocycles. The van der Waals surface area contributed by atoms with Gasteiger partial charge in [-0.1, -0.05) is 19.1 Å². The number of hydrogen-bond acceptors (Lipinski definition) is 4. The molecule has 1 aromatic rings. The van der Waals surface area contributed by atoms with Crippen LogP contribution in [0.15, 0.2) is 24.3 Å². The number of benzene rings is 1. The highest BCUT2D eigenvalue weighted by Crippen LogP contribution is 2.12. The van der Waals surface area contributed by atoms with Gasteiger partial charge in [0.05, 0.1) is 30.0 Å². The van der Waals surface area contributed by atoms with Crippen molar-refractivity contribution in [1.82, 2.24) is 5.32 Å². The predicted octanol–water partition coefficient (Wildman–Crippen LogP) is 1.68. The summed E-state index contributed by atoms with van der Waals surface area (Å²) in [6.45, 7) is 1.90. The summed E-state index contributed by atoms with van der Waals surface area (Å²) in [4.78, 5) is 11.6. The first-order valence-corrected chi connectivity index (χ1v) is 7.32. The molecule has 0 radical (unpaired) electrons. The van der Waals surface area contributed by atoms with Gasteiger partial charge in [0.15, 0.2) is 0 Å². The Balaban J connectivity index is 2.29. The molecule has 0 heterocycles. The molecule has 0 fully saturated rings. The minimum atomic E-state index is -0.150. The molecule has 1 rings (SSSR count). The summed E-state index contributed by atoms with van der Waals surface area (Å²) in [6.07, 6.45) is 0.725. The van der Waals surface area contributed by atoms with E-state index in [9.17, 15) is 4.79 Å². The fraction of sp³-hybridized carbons (Fsp3) is 0.429. The van der Waals surface area contributed by atoms with Gasteiger partial charge in [-0.05, 0) is 24.1 Å². The molecule has 1 amide bonds. The summed E-state index contributed by atoms with van der Waals surface area (Å²) in [5.74, 6) is 1.05. The Morgan fingerprint density at radius 3 is 2.68 bits per heavy atom. The van der Waals surface area contributed by atoms with Gasteiger partial charge in [-0.25, -0.2) is 0 Å². The predicted molar refractivity (Wildman–Crippen MR) is 76.6 cm³/mol. The Kier molecular flexibility index (Phi) is 7.01. The Morgan fingerprint density at radius 2 is 2.16 bits per heavy atom. The Morgan fingerprint density at radius 1 is 1.47 bits per heavy atom. The number of rotatable bonds is 7. The van der Waals surface area contributed by atoms with Gasteiger partial charge in [-0.3, -0.25) is 4.79 Å². The number of amides is 1. The van der Waals surface area contributed by atoms with E-state index in [4.69, 9.17) is 10.4 Å². The van der Waals surface area contributed by atoms with Crippen molar-refractivity contribution in [2.45, 2.75) is 25.1 Å². The number of hydrogen-bond donors (Lipinski definition) is 2. The molecular weight excluding hydrogens is 260 g/mol. The van der Waals surface area contributed by atoms with E-state index in [2.05, 4.69) is 11.4 Å². The number of aliphatic hydroxyl groups excluding tert-OH is 1. The van der Waals surface area contributed by atoms with Crippen LogP contribution in [0.25, 0.3) is 0 Å². The van der Waals surface area contributed by atoms with Crippen molar-refractivity contribution in [3.05, 3.63) is 35.4 Å². The maximum absolute atomic E-state index is 11.6. The number of carbonyl (C=O) groups excluding carboxylic acids is 1. The van der Waals surface area contributed by atoms with Crippen molar-refractivity contribution in [2.24, 2.45) is 0 Å². The van der Waals surface area contributed by atoms with Crippen molar-refractivity contribution < 1.29 is 9.90 Å². The zero-order chi connectivity index (χ0) is 14.1. The van der Waals surface area contributed by atoms with Crippen molar-refractivity contribution >= 4 is 17.7 Å². The van der Waals surface area contributed by atoms with Gasteiger partial charge in [0.2, 0.25) is 5.91 Å². The number of thioether (sulfide) groups is 1. The Labute approximate surface area is 117 Å². The molecule has 4 nitrogen and oxygen atoms in total. The van der Waals surface area contributed by atoms with Crippen LogP contribution >= 0.6 is 11.8 Å². The molecule has 0 saturated heterocycles. The van der Waals surface area contributed by atoms with Crippen LogP contribution in [0.4, 0.5) is 0 Å². The van der Waals surface area contributed by atoms with Gasteiger partial charge in [0.25, 0.3) is 0 Å². The molecule has 19 heavy (non-hydrogen) atoms. The lowest BCUT2D eigenvalue weighted by Crippen LogP contribution is -2.37. The van der Waals surface area contributed by atoms with Crippen LogP contribution in [-0.4, -0.2) is 29.4 Å². The summed E-state index contributed by atoms with van der Waals surface area (Å²) < 4.78 is 0. The summed E-state index contributed by atoms with van der Waals surface area (Å²) in [5.41, 5.74) is 1.73. The lowest BCUT2D eigenvalue weighted by molar-refractivity contribution is -0.119. The van der Waals surface area contributed by atoms with Crippen molar-refractivity contribution in [1.29, 1.82) is 5.26 Å². The summed E-state index contributed by atoms with van der Waals surface area (Å²) in [5, 5.41) is 20.4. The minimum Gasteiger partial charge on any atom is -0.394 e. The number of nitriles is 1. The fourth-order valence-electron chi connectivity index (χ4n) is 1.48. The monoisotopic (exact) mass is 278 g/mol. The van der Waals surface area contributed by atoms with Gasteiger partial charge in [-0.2, -0.15) is 5.26 Å². The lowest BCUT2D eigenvalue weighted by atomic mass is 10.2. The Bertz CT molecular complexity index is 436. The smallest absolute Gasteiger partial charge is 0.230 e. The standard InChI is InChI=1S/C14H18N2O2S/c1-2-13(8-17)16-14(18)10-19-9-12-5-3-11(7-15)4-6-12/h3-6,13,17H,2,8-10H2,1H3,(H,16,18)/t13-/m1/s1. The molecule has 0 unspecified atom stereocenters. The highest BCUT2D eigenvalue weighted by Gasteiger charge is 2.08. The second-order valence-corrected chi connectivity index (χ2v) is 5.14. The van der Waals surface area contributed by atoms with Crippen molar-refractivity contribution in [3.8, 4) is 6.07 Å². The first-order valence-electron chi connectivity index (χ1n) is 6.16. The highest BCUT2D eigenvalue weighted by atomic mass is 32.2. The molecule has 102 valence electrons. The third-order valence-electron chi connectivity index (χ3n) is 2.66. The van der Waals surface area contributed by atoms with E-state index >= 15 is 0 Å². The maximum atomic E-state index is 11.6. The van der Waals surface area contributed by atoms with Gasteiger partial charge >= 0.3 is 0 Å². The summed E-state index contributed by atoms with van der Waals surface area (Å²) >= 11 is 1.51. The van der Waals surface area contributed by atoms with Crippen LogP contribution in [0.1, 0.15) is 24.5 Å². The van der Waals surface area contributed by atoms with Crippen LogP contribution in [0.3, 0.4) is 0 Å². The van der Waals surface area contributed by atoms with Gasteiger partial charge < -0.3 is 10.4 Å². The zero-order valence-corrected chi connectivity index (χ0v) is 11.7. The van der Waals surface area contributed by atoms with E-state index in [1.807, 2.05) is 19.1 Å². The summed E-state index contributed by atoms with van der Waals surface area (Å²) in [6, 6.07) is 9.25. The first-order chi connectivity index (χ1) is 9.19. The van der Waals surface area contributed by atoms with E-state index in [0.29, 0.717) is 11.3 Å². The highest BCUT2D eigenvalue weighted by molar-refractivity contribution is 7.99. The topological polar surface area (TPSA) is 73.1 Å². The van der Waals surface area contributed by atoms with Gasteiger partial charge in [-0.15, -0.1) is 11.8 Å². The van der Waals surface area contributed by atoms with E-state index in [1.165, 1.54) is 11.8 Å². The molecule has 0 bridgehead atoms.